The van der Waals surface area contributed by atoms with E-state index >= 15 is 0 Å². The van der Waals surface area contributed by atoms with Crippen LogP contribution in [0, 0.1) is 21.4 Å². The lowest BCUT2D eigenvalue weighted by Crippen LogP contribution is -2.21. The fourth-order valence-electron chi connectivity index (χ4n) is 2.16. The molecule has 0 spiro atoms. The maximum atomic E-state index is 10.9. The maximum Gasteiger partial charge on any atom is 0.292 e. The van der Waals surface area contributed by atoms with Crippen molar-refractivity contribution in [2.75, 3.05) is 25.0 Å². The summed E-state index contributed by atoms with van der Waals surface area (Å²) in [6.45, 7) is 2.50. The molecule has 0 saturated heterocycles. The molecule has 2 N–H and O–H groups in total. The molecule has 6 heteroatoms. The highest BCUT2D eigenvalue weighted by molar-refractivity contribution is 5.64. The Bertz CT molecular complexity index is 575. The highest BCUT2D eigenvalue weighted by Gasteiger charge is 2.14. The summed E-state index contributed by atoms with van der Waals surface area (Å²) in [5.74, 6) is 0. The van der Waals surface area contributed by atoms with Gasteiger partial charge in [-0.2, -0.15) is 5.26 Å². The Morgan fingerprint density at radius 2 is 2.35 bits per heavy atom. The van der Waals surface area contributed by atoms with Crippen molar-refractivity contribution in [3.05, 3.63) is 45.5 Å². The van der Waals surface area contributed by atoms with Crippen LogP contribution >= 0.6 is 0 Å². The minimum absolute atomic E-state index is 0.00305. The van der Waals surface area contributed by atoms with Crippen LogP contribution in [0.15, 0.2) is 29.8 Å². The van der Waals surface area contributed by atoms with E-state index in [0.717, 1.165) is 25.9 Å². The number of nitrogens with zero attached hydrogens (tertiary/aromatic N) is 2. The van der Waals surface area contributed by atoms with Crippen LogP contribution in [-0.2, 0) is 0 Å². The molecule has 0 aliphatic carbocycles. The highest BCUT2D eigenvalue weighted by Crippen LogP contribution is 2.25. The van der Waals surface area contributed by atoms with E-state index in [1.807, 2.05) is 6.07 Å². The number of rotatable bonds is 5. The number of nitrogens with one attached hydrogen (secondary N) is 2. The summed E-state index contributed by atoms with van der Waals surface area (Å²) in [6.07, 6.45) is 4.03. The fourth-order valence-corrected chi connectivity index (χ4v) is 2.16. The summed E-state index contributed by atoms with van der Waals surface area (Å²) in [6, 6.07) is 6.34. The SMILES string of the molecule is N#Cc1ccc([N+](=O)[O-])c(NCCC2=CCNCC2)c1. The predicted octanol–water partition coefficient (Wildman–Crippen LogP) is 2.19. The highest BCUT2D eigenvalue weighted by atomic mass is 16.6. The lowest BCUT2D eigenvalue weighted by molar-refractivity contribution is -0.384. The minimum atomic E-state index is -0.437. The number of nitro groups is 1. The third kappa shape index (κ3) is 3.56. The molecular weight excluding hydrogens is 256 g/mol. The molecular formula is C14H16N4O2. The molecule has 1 aliphatic heterocycles. The molecule has 20 heavy (non-hydrogen) atoms. The first-order valence-corrected chi connectivity index (χ1v) is 6.52. The van der Waals surface area contributed by atoms with Gasteiger partial charge in [0.1, 0.15) is 5.69 Å². The Morgan fingerprint density at radius 1 is 1.50 bits per heavy atom. The number of anilines is 1. The van der Waals surface area contributed by atoms with Gasteiger partial charge < -0.3 is 10.6 Å². The van der Waals surface area contributed by atoms with E-state index in [0.29, 0.717) is 17.8 Å². The Labute approximate surface area is 117 Å². The molecule has 1 aromatic carbocycles. The van der Waals surface area contributed by atoms with Crippen LogP contribution in [0.5, 0.6) is 0 Å². The van der Waals surface area contributed by atoms with Crippen LogP contribution in [0.4, 0.5) is 11.4 Å². The van der Waals surface area contributed by atoms with Crippen molar-refractivity contribution in [3.8, 4) is 6.07 Å². The lowest BCUT2D eigenvalue weighted by atomic mass is 10.1. The number of benzene rings is 1. The zero-order valence-electron chi connectivity index (χ0n) is 11.1. The van der Waals surface area contributed by atoms with Gasteiger partial charge in [0.25, 0.3) is 5.69 Å². The van der Waals surface area contributed by atoms with Gasteiger partial charge in [-0.3, -0.25) is 10.1 Å². The second-order valence-electron chi connectivity index (χ2n) is 4.59. The van der Waals surface area contributed by atoms with Crippen LogP contribution in [0.3, 0.4) is 0 Å². The van der Waals surface area contributed by atoms with E-state index in [9.17, 15) is 10.1 Å². The summed E-state index contributed by atoms with van der Waals surface area (Å²) in [7, 11) is 0. The summed E-state index contributed by atoms with van der Waals surface area (Å²) in [4.78, 5) is 10.5. The summed E-state index contributed by atoms with van der Waals surface area (Å²) in [5.41, 5.74) is 2.18. The molecule has 2 rings (SSSR count). The van der Waals surface area contributed by atoms with E-state index in [4.69, 9.17) is 5.26 Å². The van der Waals surface area contributed by atoms with E-state index in [1.165, 1.54) is 23.8 Å². The van der Waals surface area contributed by atoms with Gasteiger partial charge in [0.2, 0.25) is 0 Å². The summed E-state index contributed by atoms with van der Waals surface area (Å²) >= 11 is 0. The van der Waals surface area contributed by atoms with Gasteiger partial charge in [0, 0.05) is 19.2 Å². The van der Waals surface area contributed by atoms with Crippen molar-refractivity contribution < 1.29 is 4.92 Å². The van der Waals surface area contributed by atoms with E-state index in [1.54, 1.807) is 0 Å². The van der Waals surface area contributed by atoms with Gasteiger partial charge in [-0.1, -0.05) is 11.6 Å². The van der Waals surface area contributed by atoms with Gasteiger partial charge in [0.15, 0.2) is 0 Å². The van der Waals surface area contributed by atoms with Crippen molar-refractivity contribution in [3.63, 3.8) is 0 Å². The predicted molar refractivity (Wildman–Crippen MR) is 76.5 cm³/mol. The van der Waals surface area contributed by atoms with Crippen molar-refractivity contribution in [2.45, 2.75) is 12.8 Å². The molecule has 104 valence electrons. The van der Waals surface area contributed by atoms with E-state index in [2.05, 4.69) is 16.7 Å². The Hall–Kier alpha value is -2.39. The monoisotopic (exact) mass is 272 g/mol. The zero-order valence-corrected chi connectivity index (χ0v) is 11.1. The molecule has 0 radical (unpaired) electrons. The second kappa shape index (κ2) is 6.68. The molecule has 0 amide bonds. The maximum absolute atomic E-state index is 10.9. The molecule has 0 bridgehead atoms. The topological polar surface area (TPSA) is 91.0 Å². The molecule has 1 heterocycles. The Kier molecular flexibility index (Phi) is 4.69. The lowest BCUT2D eigenvalue weighted by Gasteiger charge is -2.14. The fraction of sp³-hybridized carbons (Fsp3) is 0.357. The van der Waals surface area contributed by atoms with Gasteiger partial charge in [-0.15, -0.1) is 0 Å². The van der Waals surface area contributed by atoms with Crippen LogP contribution in [0.25, 0.3) is 0 Å². The normalized spacial score (nSPS) is 14.2. The first kappa shape index (κ1) is 14.0. The van der Waals surface area contributed by atoms with Gasteiger partial charge in [0.05, 0.1) is 16.6 Å². The molecule has 0 aromatic heterocycles. The molecule has 1 aliphatic rings. The summed E-state index contributed by atoms with van der Waals surface area (Å²) in [5, 5.41) is 26.1. The van der Waals surface area contributed by atoms with Crippen molar-refractivity contribution >= 4 is 11.4 Å². The second-order valence-corrected chi connectivity index (χ2v) is 4.59. The molecule has 0 unspecified atom stereocenters. The van der Waals surface area contributed by atoms with Crippen molar-refractivity contribution in [1.29, 1.82) is 5.26 Å². The number of hydrogen-bond donors (Lipinski definition) is 2. The van der Waals surface area contributed by atoms with E-state index in [-0.39, 0.29) is 5.69 Å². The Morgan fingerprint density at radius 3 is 3.00 bits per heavy atom. The van der Waals surface area contributed by atoms with Crippen molar-refractivity contribution in [2.24, 2.45) is 0 Å². The first-order chi connectivity index (χ1) is 9.70. The molecule has 6 nitrogen and oxygen atoms in total. The minimum Gasteiger partial charge on any atom is -0.379 e. The van der Waals surface area contributed by atoms with Gasteiger partial charge in [-0.25, -0.2) is 0 Å². The van der Waals surface area contributed by atoms with Crippen LogP contribution < -0.4 is 10.6 Å². The smallest absolute Gasteiger partial charge is 0.292 e. The molecule has 0 fully saturated rings. The van der Waals surface area contributed by atoms with Gasteiger partial charge in [-0.05, 0) is 31.5 Å². The standard InChI is InChI=1S/C14H16N4O2/c15-10-12-1-2-14(18(19)20)13(9-12)17-8-5-11-3-6-16-7-4-11/h1-3,9,16-17H,4-8H2. The number of nitro benzene ring substituents is 1. The molecule has 0 atom stereocenters. The Balaban J connectivity index is 2.02. The average Bonchev–Trinajstić information content (AvgIpc) is 2.48. The largest absolute Gasteiger partial charge is 0.379 e. The third-order valence-electron chi connectivity index (χ3n) is 3.24. The third-order valence-corrected chi connectivity index (χ3v) is 3.24. The number of nitriles is 1. The zero-order chi connectivity index (χ0) is 14.4. The van der Waals surface area contributed by atoms with Crippen molar-refractivity contribution in [1.82, 2.24) is 5.32 Å². The van der Waals surface area contributed by atoms with E-state index < -0.39 is 4.92 Å². The quantitative estimate of drug-likeness (QED) is 0.487. The molecule has 1 aromatic rings. The number of hydrogen-bond acceptors (Lipinski definition) is 5. The van der Waals surface area contributed by atoms with Crippen LogP contribution in [0.1, 0.15) is 18.4 Å². The first-order valence-electron chi connectivity index (χ1n) is 6.52. The summed E-state index contributed by atoms with van der Waals surface area (Å²) < 4.78 is 0. The van der Waals surface area contributed by atoms with Crippen LogP contribution in [0.2, 0.25) is 0 Å². The van der Waals surface area contributed by atoms with Gasteiger partial charge >= 0.3 is 0 Å². The van der Waals surface area contributed by atoms with Crippen LogP contribution in [-0.4, -0.2) is 24.6 Å². The average molecular weight is 272 g/mol. The molecule has 0 saturated carbocycles.